The number of hydrogen-bond acceptors (Lipinski definition) is 5. The highest BCUT2D eigenvalue weighted by atomic mass is 19.4. The standard InChI is InChI=1S/C24H22F6N2O5/c1-14-10-18(8-9-20(14)37-22(2,3)21(33)34)35-12-16-11-19(31-32(16)13-23(25,26)27)15-4-6-17(7-5-15)36-24(28,29)30/h4-11H,12-13H2,1-3H3,(H,33,34). The zero-order valence-electron chi connectivity index (χ0n) is 19.8. The molecule has 7 nitrogen and oxygen atoms in total. The van der Waals surface area contributed by atoms with Crippen molar-refractivity contribution in [3.05, 3.63) is 59.8 Å². The number of carbonyl (C=O) groups is 1. The third-order valence-electron chi connectivity index (χ3n) is 4.99. The predicted octanol–water partition coefficient (Wildman–Crippen LogP) is 6.14. The van der Waals surface area contributed by atoms with Gasteiger partial charge in [0.05, 0.1) is 11.4 Å². The molecule has 0 bridgehead atoms. The highest BCUT2D eigenvalue weighted by Gasteiger charge is 2.32. The molecule has 0 unspecified atom stereocenters. The molecule has 0 saturated heterocycles. The van der Waals surface area contributed by atoms with Crippen LogP contribution in [0.4, 0.5) is 26.3 Å². The molecule has 2 aromatic carbocycles. The Hall–Kier alpha value is -3.90. The molecule has 1 aromatic heterocycles. The van der Waals surface area contributed by atoms with Crippen LogP contribution in [0.1, 0.15) is 25.1 Å². The molecular weight excluding hydrogens is 510 g/mol. The highest BCUT2D eigenvalue weighted by Crippen LogP contribution is 2.30. The van der Waals surface area contributed by atoms with Gasteiger partial charge in [-0.05, 0) is 74.9 Å². The number of halogens is 6. The van der Waals surface area contributed by atoms with Gasteiger partial charge in [-0.15, -0.1) is 13.2 Å². The van der Waals surface area contributed by atoms with Crippen LogP contribution >= 0.6 is 0 Å². The number of aliphatic carboxylic acids is 1. The average Bonchev–Trinajstić information content (AvgIpc) is 3.14. The van der Waals surface area contributed by atoms with E-state index in [-0.39, 0.29) is 29.3 Å². The lowest BCUT2D eigenvalue weighted by molar-refractivity contribution is -0.274. The molecule has 0 amide bonds. The molecule has 3 aromatic rings. The van der Waals surface area contributed by atoms with Crippen molar-refractivity contribution in [3.8, 4) is 28.5 Å². The first-order valence-corrected chi connectivity index (χ1v) is 10.7. The van der Waals surface area contributed by atoms with Gasteiger partial charge in [0, 0.05) is 5.56 Å². The van der Waals surface area contributed by atoms with E-state index in [0.29, 0.717) is 16.0 Å². The zero-order chi connectivity index (χ0) is 27.6. The number of alkyl halides is 6. The first-order chi connectivity index (χ1) is 17.0. The summed E-state index contributed by atoms with van der Waals surface area (Å²) in [5.74, 6) is -1.07. The maximum atomic E-state index is 13.1. The molecule has 200 valence electrons. The van der Waals surface area contributed by atoms with Gasteiger partial charge in [0.2, 0.25) is 0 Å². The summed E-state index contributed by atoms with van der Waals surface area (Å²) in [7, 11) is 0. The SMILES string of the molecule is Cc1cc(OCc2cc(-c3ccc(OC(F)(F)F)cc3)nn2CC(F)(F)F)ccc1OC(C)(C)C(=O)O. The van der Waals surface area contributed by atoms with Gasteiger partial charge in [0.25, 0.3) is 0 Å². The minimum atomic E-state index is -4.88. The lowest BCUT2D eigenvalue weighted by Gasteiger charge is -2.23. The molecule has 37 heavy (non-hydrogen) atoms. The molecule has 0 aliphatic heterocycles. The van der Waals surface area contributed by atoms with E-state index < -0.39 is 36.4 Å². The summed E-state index contributed by atoms with van der Waals surface area (Å²) in [6.45, 7) is 2.71. The van der Waals surface area contributed by atoms with E-state index in [4.69, 9.17) is 9.47 Å². The maximum absolute atomic E-state index is 13.1. The molecule has 0 atom stereocenters. The van der Waals surface area contributed by atoms with Crippen LogP contribution in [0, 0.1) is 6.92 Å². The Morgan fingerprint density at radius 3 is 2.11 bits per heavy atom. The molecule has 0 aliphatic rings. The molecule has 3 rings (SSSR count). The summed E-state index contributed by atoms with van der Waals surface area (Å²) >= 11 is 0. The fraction of sp³-hybridized carbons (Fsp3) is 0.333. The van der Waals surface area contributed by atoms with Gasteiger partial charge < -0.3 is 19.3 Å². The third-order valence-corrected chi connectivity index (χ3v) is 4.99. The van der Waals surface area contributed by atoms with Crippen molar-refractivity contribution >= 4 is 5.97 Å². The number of hydrogen-bond donors (Lipinski definition) is 1. The summed E-state index contributed by atoms with van der Waals surface area (Å²) in [5.41, 5.74) is -0.511. The predicted molar refractivity (Wildman–Crippen MR) is 118 cm³/mol. The number of aryl methyl sites for hydroxylation is 1. The lowest BCUT2D eigenvalue weighted by atomic mass is 10.1. The van der Waals surface area contributed by atoms with Crippen LogP contribution < -0.4 is 14.2 Å². The van der Waals surface area contributed by atoms with Gasteiger partial charge in [0.15, 0.2) is 5.60 Å². The summed E-state index contributed by atoms with van der Waals surface area (Å²) in [6, 6.07) is 10.4. The van der Waals surface area contributed by atoms with Gasteiger partial charge in [-0.3, -0.25) is 4.68 Å². The number of rotatable bonds is 9. The van der Waals surface area contributed by atoms with Gasteiger partial charge in [-0.25, -0.2) is 4.79 Å². The Bertz CT molecular complexity index is 1250. The average molecular weight is 532 g/mol. The smallest absolute Gasteiger partial charge is 0.487 e. The Balaban J connectivity index is 1.80. The van der Waals surface area contributed by atoms with Crippen LogP contribution in [-0.2, 0) is 17.9 Å². The van der Waals surface area contributed by atoms with Crippen molar-refractivity contribution in [1.29, 1.82) is 0 Å². The number of ether oxygens (including phenoxy) is 3. The normalized spacial score (nSPS) is 12.4. The fourth-order valence-corrected chi connectivity index (χ4v) is 3.15. The molecule has 0 fully saturated rings. The molecule has 13 heteroatoms. The number of aromatic nitrogens is 2. The molecule has 0 aliphatic carbocycles. The molecule has 0 saturated carbocycles. The van der Waals surface area contributed by atoms with Crippen molar-refractivity contribution in [3.63, 3.8) is 0 Å². The third kappa shape index (κ3) is 7.79. The summed E-state index contributed by atoms with van der Waals surface area (Å²) in [5, 5.41) is 13.2. The van der Waals surface area contributed by atoms with E-state index in [1.54, 1.807) is 6.92 Å². The summed E-state index contributed by atoms with van der Waals surface area (Å²) < 4.78 is 92.1. The van der Waals surface area contributed by atoms with Gasteiger partial charge in [-0.2, -0.15) is 18.3 Å². The number of carboxylic acids is 1. The van der Waals surface area contributed by atoms with Crippen molar-refractivity contribution in [1.82, 2.24) is 9.78 Å². The van der Waals surface area contributed by atoms with E-state index in [9.17, 15) is 36.2 Å². The Labute approximate surface area is 207 Å². The van der Waals surface area contributed by atoms with Crippen LogP contribution in [0.5, 0.6) is 17.2 Å². The van der Waals surface area contributed by atoms with Gasteiger partial charge >= 0.3 is 18.5 Å². The van der Waals surface area contributed by atoms with Crippen molar-refractivity contribution in [2.45, 2.75) is 52.1 Å². The topological polar surface area (TPSA) is 82.8 Å². The monoisotopic (exact) mass is 532 g/mol. The summed E-state index contributed by atoms with van der Waals surface area (Å²) in [6.07, 6.45) is -9.47. The Kier molecular flexibility index (Phi) is 7.65. The quantitative estimate of drug-likeness (QED) is 0.334. The highest BCUT2D eigenvalue weighted by molar-refractivity contribution is 5.76. The number of carboxylic acid groups (broad SMARTS) is 1. The second-order valence-corrected chi connectivity index (χ2v) is 8.50. The largest absolute Gasteiger partial charge is 0.573 e. The lowest BCUT2D eigenvalue weighted by Crippen LogP contribution is -2.38. The molecule has 0 spiro atoms. The Morgan fingerprint density at radius 1 is 0.946 bits per heavy atom. The van der Waals surface area contributed by atoms with Crippen molar-refractivity contribution in [2.24, 2.45) is 0 Å². The first-order valence-electron chi connectivity index (χ1n) is 10.7. The number of nitrogens with zero attached hydrogens (tertiary/aromatic N) is 2. The minimum Gasteiger partial charge on any atom is -0.487 e. The van der Waals surface area contributed by atoms with Crippen molar-refractivity contribution < 1.29 is 50.5 Å². The van der Waals surface area contributed by atoms with Gasteiger partial charge in [0.1, 0.15) is 30.4 Å². The van der Waals surface area contributed by atoms with Crippen LogP contribution in [0.25, 0.3) is 11.3 Å². The van der Waals surface area contributed by atoms with Crippen LogP contribution in [0.2, 0.25) is 0 Å². The van der Waals surface area contributed by atoms with E-state index in [0.717, 1.165) is 12.1 Å². The number of benzene rings is 2. The van der Waals surface area contributed by atoms with Crippen LogP contribution in [0.3, 0.4) is 0 Å². The summed E-state index contributed by atoms with van der Waals surface area (Å²) in [4.78, 5) is 11.3. The van der Waals surface area contributed by atoms with Gasteiger partial charge in [-0.1, -0.05) is 0 Å². The molecule has 1 heterocycles. The van der Waals surface area contributed by atoms with Crippen LogP contribution in [-0.4, -0.2) is 39.0 Å². The van der Waals surface area contributed by atoms with E-state index in [2.05, 4.69) is 9.84 Å². The molecule has 1 N–H and O–H groups in total. The van der Waals surface area contributed by atoms with E-state index in [1.165, 1.54) is 50.2 Å². The maximum Gasteiger partial charge on any atom is 0.573 e. The Morgan fingerprint density at radius 2 is 1.57 bits per heavy atom. The minimum absolute atomic E-state index is 0.0629. The van der Waals surface area contributed by atoms with Crippen molar-refractivity contribution in [2.75, 3.05) is 0 Å². The molecule has 0 radical (unpaired) electrons. The second kappa shape index (κ2) is 10.2. The van der Waals surface area contributed by atoms with E-state index >= 15 is 0 Å². The van der Waals surface area contributed by atoms with E-state index in [1.807, 2.05) is 0 Å². The fourth-order valence-electron chi connectivity index (χ4n) is 3.15. The van der Waals surface area contributed by atoms with Crippen LogP contribution in [0.15, 0.2) is 48.5 Å². The molecular formula is C24H22F6N2O5. The second-order valence-electron chi connectivity index (χ2n) is 8.50. The zero-order valence-corrected chi connectivity index (χ0v) is 19.8. The first kappa shape index (κ1) is 27.7.